The molecule has 10 atom stereocenters. The number of rotatable bonds is 12. The van der Waals surface area contributed by atoms with E-state index in [-0.39, 0.29) is 17.7 Å². The van der Waals surface area contributed by atoms with Crippen LogP contribution in [0.1, 0.15) is 54.0 Å². The highest BCUT2D eigenvalue weighted by molar-refractivity contribution is 6.21. The van der Waals surface area contributed by atoms with Crippen molar-refractivity contribution in [1.82, 2.24) is 10.2 Å². The minimum Gasteiger partial charge on any atom is -0.463 e. The summed E-state index contributed by atoms with van der Waals surface area (Å²) in [6.07, 6.45) is -12.4. The van der Waals surface area contributed by atoms with Crippen molar-refractivity contribution in [1.29, 1.82) is 0 Å². The zero-order valence-corrected chi connectivity index (χ0v) is 28.7. The van der Waals surface area contributed by atoms with Gasteiger partial charge in [0.1, 0.15) is 43.1 Å². The highest BCUT2D eigenvalue weighted by atomic mass is 16.7. The molecule has 2 fully saturated rings. The Kier molecular flexibility index (Phi) is 12.4. The van der Waals surface area contributed by atoms with Gasteiger partial charge in [-0.1, -0.05) is 42.5 Å². The molecule has 0 bridgehead atoms. The Labute approximate surface area is 298 Å². The summed E-state index contributed by atoms with van der Waals surface area (Å²) in [7, 11) is 0. The summed E-state index contributed by atoms with van der Waals surface area (Å²) in [4.78, 5) is 78.1. The van der Waals surface area contributed by atoms with Gasteiger partial charge in [-0.2, -0.15) is 0 Å². The van der Waals surface area contributed by atoms with Crippen LogP contribution in [0.5, 0.6) is 0 Å². The third kappa shape index (κ3) is 8.46. The fraction of sp³-hybridized carbons (Fsp3) is 0.486. The molecule has 0 saturated carbocycles. The Bertz CT molecular complexity index is 1620. The van der Waals surface area contributed by atoms with Crippen LogP contribution in [-0.2, 0) is 58.9 Å². The summed E-state index contributed by atoms with van der Waals surface area (Å²) in [6, 6.07) is 11.8. The molecule has 3 heterocycles. The zero-order chi connectivity index (χ0) is 37.7. The fourth-order valence-corrected chi connectivity index (χ4v) is 6.42. The van der Waals surface area contributed by atoms with Crippen molar-refractivity contribution in [3.8, 4) is 0 Å². The van der Waals surface area contributed by atoms with E-state index in [1.165, 1.54) is 19.1 Å². The number of imide groups is 1. The SMILES string of the molecule is CC(=O)N[C@H]1[C@@H](OCc2ccccc2)O[C@H](CO)[C@H](O)[C@@H]1O[C@@H]1O[C@H](COC(C)=O)[C@@H](OC(C)=O)[C@H](OC(C)=O)[C@H]1N1C(=O)c2ccccc2C1=O. The van der Waals surface area contributed by atoms with Crippen LogP contribution in [0, 0.1) is 0 Å². The molecule has 2 aromatic rings. The lowest BCUT2D eigenvalue weighted by Gasteiger charge is -2.50. The van der Waals surface area contributed by atoms with Gasteiger partial charge in [0.05, 0.1) is 24.3 Å². The van der Waals surface area contributed by atoms with Crippen LogP contribution in [0.15, 0.2) is 54.6 Å². The first-order chi connectivity index (χ1) is 24.8. The normalized spacial score (nSPS) is 29.9. The number of amides is 3. The second-order valence-corrected chi connectivity index (χ2v) is 12.3. The Hall–Kier alpha value is -4.78. The molecule has 3 amide bonds. The first-order valence-electron chi connectivity index (χ1n) is 16.4. The van der Waals surface area contributed by atoms with Crippen LogP contribution in [0.4, 0.5) is 0 Å². The second kappa shape index (κ2) is 16.7. The Balaban J connectivity index is 1.60. The quantitative estimate of drug-likeness (QED) is 0.149. The number of benzene rings is 2. The molecule has 280 valence electrons. The standard InChI is InChI=1S/C35H40N2O15/c1-17(39)36-26-30(28(43)24(14-38)50-34(26)47-15-21-10-6-5-7-11-21)52-35-27(37-32(44)22-12-8-9-13-23(22)33(37)45)31(49-20(4)42)29(48-19(3)41)25(51-35)16-46-18(2)40/h5-13,24-31,34-35,38,43H,14-16H2,1-4H3,(H,36,39)/t24-,25-,26-,27-,28+,29-,30-,31-,34+,35+/m1/s1. The van der Waals surface area contributed by atoms with Gasteiger partial charge < -0.3 is 48.7 Å². The number of esters is 3. The number of aliphatic hydroxyl groups is 2. The van der Waals surface area contributed by atoms with Crippen molar-refractivity contribution < 1.29 is 72.1 Å². The minimum absolute atomic E-state index is 0.0100. The molecule has 3 aliphatic heterocycles. The third-order valence-corrected chi connectivity index (χ3v) is 8.57. The summed E-state index contributed by atoms with van der Waals surface area (Å²) in [5.74, 6) is -4.77. The molecule has 0 aliphatic carbocycles. The Morgan fingerprint density at radius 1 is 0.769 bits per heavy atom. The van der Waals surface area contributed by atoms with Gasteiger partial charge >= 0.3 is 17.9 Å². The molecule has 3 aliphatic rings. The number of hydrogen-bond donors (Lipinski definition) is 3. The van der Waals surface area contributed by atoms with Crippen molar-refractivity contribution in [2.75, 3.05) is 13.2 Å². The molecule has 0 aromatic heterocycles. The van der Waals surface area contributed by atoms with Crippen LogP contribution >= 0.6 is 0 Å². The van der Waals surface area contributed by atoms with E-state index in [0.717, 1.165) is 31.2 Å². The lowest BCUT2D eigenvalue weighted by molar-refractivity contribution is -0.335. The first kappa shape index (κ1) is 38.5. The average Bonchev–Trinajstić information content (AvgIpc) is 3.34. The summed E-state index contributed by atoms with van der Waals surface area (Å²) in [5.41, 5.74) is 0.749. The lowest BCUT2D eigenvalue weighted by Crippen LogP contribution is -2.71. The van der Waals surface area contributed by atoms with Crippen molar-refractivity contribution in [2.45, 2.75) is 95.6 Å². The number of hydrogen-bond acceptors (Lipinski definition) is 15. The van der Waals surface area contributed by atoms with Gasteiger partial charge in [0.25, 0.3) is 11.8 Å². The monoisotopic (exact) mass is 728 g/mol. The highest BCUT2D eigenvalue weighted by Gasteiger charge is 2.59. The largest absolute Gasteiger partial charge is 0.463 e. The molecule has 17 heteroatoms. The molecule has 2 aromatic carbocycles. The van der Waals surface area contributed by atoms with Gasteiger partial charge in [-0.05, 0) is 17.7 Å². The van der Waals surface area contributed by atoms with E-state index < -0.39 is 110 Å². The van der Waals surface area contributed by atoms with Crippen LogP contribution in [0.3, 0.4) is 0 Å². The number of ether oxygens (including phenoxy) is 7. The molecule has 5 rings (SSSR count). The van der Waals surface area contributed by atoms with E-state index in [1.54, 1.807) is 36.4 Å². The molecule has 0 radical (unpaired) electrons. The van der Waals surface area contributed by atoms with Crippen molar-refractivity contribution in [3.05, 3.63) is 71.3 Å². The third-order valence-electron chi connectivity index (χ3n) is 8.57. The molecule has 17 nitrogen and oxygen atoms in total. The van der Waals surface area contributed by atoms with Crippen molar-refractivity contribution in [2.24, 2.45) is 0 Å². The predicted octanol–water partition coefficient (Wildman–Crippen LogP) is -0.0126. The molecule has 2 saturated heterocycles. The fourth-order valence-electron chi connectivity index (χ4n) is 6.42. The average molecular weight is 729 g/mol. The number of carbonyl (C=O) groups is 6. The van der Waals surface area contributed by atoms with Crippen molar-refractivity contribution >= 4 is 35.6 Å². The summed E-state index contributed by atoms with van der Waals surface area (Å²) in [5, 5.41) is 24.4. The van der Waals surface area contributed by atoms with Gasteiger partial charge in [0.2, 0.25) is 5.91 Å². The lowest BCUT2D eigenvalue weighted by atomic mass is 9.93. The van der Waals surface area contributed by atoms with E-state index in [0.29, 0.717) is 0 Å². The van der Waals surface area contributed by atoms with Gasteiger partial charge in [0, 0.05) is 27.7 Å². The van der Waals surface area contributed by atoms with E-state index in [4.69, 9.17) is 33.2 Å². The highest BCUT2D eigenvalue weighted by Crippen LogP contribution is 2.37. The smallest absolute Gasteiger partial charge is 0.303 e. The molecule has 52 heavy (non-hydrogen) atoms. The number of nitrogens with one attached hydrogen (secondary N) is 1. The van der Waals surface area contributed by atoms with Crippen molar-refractivity contribution in [3.63, 3.8) is 0 Å². The number of nitrogens with zero attached hydrogens (tertiary/aromatic N) is 1. The topological polar surface area (TPSA) is 223 Å². The molecule has 3 N–H and O–H groups in total. The van der Waals surface area contributed by atoms with Gasteiger partial charge in [0.15, 0.2) is 24.8 Å². The maximum atomic E-state index is 13.9. The van der Waals surface area contributed by atoms with Gasteiger partial charge in [-0.15, -0.1) is 0 Å². The molecule has 0 spiro atoms. The summed E-state index contributed by atoms with van der Waals surface area (Å²) < 4.78 is 40.9. The Morgan fingerprint density at radius 2 is 1.35 bits per heavy atom. The maximum absolute atomic E-state index is 13.9. The van der Waals surface area contributed by atoms with Crippen LogP contribution in [0.25, 0.3) is 0 Å². The zero-order valence-electron chi connectivity index (χ0n) is 28.7. The molecular formula is C35H40N2O15. The van der Waals surface area contributed by atoms with E-state index in [2.05, 4.69) is 5.32 Å². The molecular weight excluding hydrogens is 688 g/mol. The van der Waals surface area contributed by atoms with E-state index >= 15 is 0 Å². The number of fused-ring (bicyclic) bond motifs is 1. The summed E-state index contributed by atoms with van der Waals surface area (Å²) >= 11 is 0. The summed E-state index contributed by atoms with van der Waals surface area (Å²) in [6.45, 7) is 3.09. The number of aliphatic hydroxyl groups excluding tert-OH is 2. The van der Waals surface area contributed by atoms with E-state index in [9.17, 15) is 39.0 Å². The second-order valence-electron chi connectivity index (χ2n) is 12.3. The van der Waals surface area contributed by atoms with Crippen LogP contribution < -0.4 is 5.32 Å². The van der Waals surface area contributed by atoms with Crippen LogP contribution in [0.2, 0.25) is 0 Å². The van der Waals surface area contributed by atoms with E-state index in [1.807, 2.05) is 6.07 Å². The molecule has 0 unspecified atom stereocenters. The number of carbonyl (C=O) groups excluding carboxylic acids is 6. The predicted molar refractivity (Wildman–Crippen MR) is 173 cm³/mol. The van der Waals surface area contributed by atoms with Gasteiger partial charge in [-0.3, -0.25) is 33.7 Å². The van der Waals surface area contributed by atoms with Gasteiger partial charge in [-0.25, -0.2) is 0 Å². The first-order valence-corrected chi connectivity index (χ1v) is 16.4. The minimum atomic E-state index is -1.83. The maximum Gasteiger partial charge on any atom is 0.303 e. The van der Waals surface area contributed by atoms with Crippen LogP contribution in [-0.4, -0.2) is 125 Å². The Morgan fingerprint density at radius 3 is 1.90 bits per heavy atom.